The van der Waals surface area contributed by atoms with Crippen molar-refractivity contribution in [2.75, 3.05) is 13.2 Å². The zero-order valence-electron chi connectivity index (χ0n) is 7.37. The minimum absolute atomic E-state index is 0.355. The third kappa shape index (κ3) is 11.0. The van der Waals surface area contributed by atoms with Crippen LogP contribution in [0.5, 0.6) is 0 Å². The molecular formula is C8H18O2Se2. The van der Waals surface area contributed by atoms with E-state index in [4.69, 9.17) is 10.2 Å². The number of unbranched alkanes of at least 4 members (excludes halogenated alkanes) is 2. The van der Waals surface area contributed by atoms with Crippen molar-refractivity contribution < 1.29 is 10.2 Å². The predicted molar refractivity (Wildman–Crippen MR) is 53.8 cm³/mol. The molecule has 0 radical (unpaired) electrons. The van der Waals surface area contributed by atoms with E-state index in [2.05, 4.69) is 0 Å². The fraction of sp³-hybridized carbons (Fsp3) is 1.00. The maximum absolute atomic E-state index is 8.52. The molecule has 0 bridgehead atoms. The number of hydrogen-bond donors (Lipinski definition) is 2. The van der Waals surface area contributed by atoms with E-state index in [0.29, 0.717) is 13.2 Å². The SMILES string of the molecule is OCCCC[Se][Se]CCCCO. The van der Waals surface area contributed by atoms with Crippen LogP contribution in [0.25, 0.3) is 0 Å². The summed E-state index contributed by atoms with van der Waals surface area (Å²) in [7, 11) is 0. The molecule has 74 valence electrons. The van der Waals surface area contributed by atoms with E-state index in [0.717, 1.165) is 39.1 Å². The summed E-state index contributed by atoms with van der Waals surface area (Å²) in [6.07, 6.45) is 4.37. The summed E-state index contributed by atoms with van der Waals surface area (Å²) in [6.45, 7) is 0.710. The molecule has 0 aromatic heterocycles. The average molecular weight is 304 g/mol. The molecule has 2 nitrogen and oxygen atoms in total. The average Bonchev–Trinajstić information content (AvgIpc) is 2.10. The molecule has 4 heteroatoms. The van der Waals surface area contributed by atoms with E-state index < -0.39 is 0 Å². The molecule has 0 spiro atoms. The number of rotatable bonds is 9. The summed E-state index contributed by atoms with van der Waals surface area (Å²) in [5.41, 5.74) is 0. The molecule has 0 unspecified atom stereocenters. The molecule has 0 rings (SSSR count). The van der Waals surface area contributed by atoms with E-state index >= 15 is 0 Å². The van der Waals surface area contributed by atoms with Crippen LogP contribution in [0.1, 0.15) is 25.7 Å². The fourth-order valence-electron chi connectivity index (χ4n) is 0.663. The van der Waals surface area contributed by atoms with Gasteiger partial charge in [0.15, 0.2) is 0 Å². The Morgan fingerprint density at radius 1 is 0.667 bits per heavy atom. The first-order chi connectivity index (χ1) is 5.91. The molecule has 0 amide bonds. The third-order valence-electron chi connectivity index (χ3n) is 1.35. The zero-order chi connectivity index (χ0) is 9.07. The normalized spacial score (nSPS) is 10.5. The maximum atomic E-state index is 8.52. The Balaban J connectivity index is 2.73. The van der Waals surface area contributed by atoms with E-state index in [9.17, 15) is 0 Å². The Morgan fingerprint density at radius 3 is 1.42 bits per heavy atom. The molecule has 0 saturated carbocycles. The van der Waals surface area contributed by atoms with Crippen molar-refractivity contribution in [1.82, 2.24) is 0 Å². The monoisotopic (exact) mass is 306 g/mol. The van der Waals surface area contributed by atoms with E-state index in [1.807, 2.05) is 0 Å². The van der Waals surface area contributed by atoms with Crippen molar-refractivity contribution >= 4 is 26.3 Å². The Bertz CT molecular complexity index is 71.5. The van der Waals surface area contributed by atoms with Crippen LogP contribution in [-0.4, -0.2) is 49.7 Å². The summed E-state index contributed by atoms with van der Waals surface area (Å²) < 4.78 is 0. The van der Waals surface area contributed by atoms with Crippen LogP contribution < -0.4 is 0 Å². The van der Waals surface area contributed by atoms with Crippen molar-refractivity contribution in [3.05, 3.63) is 0 Å². The number of aliphatic hydroxyl groups excluding tert-OH is 2. The van der Waals surface area contributed by atoms with Crippen LogP contribution in [0.4, 0.5) is 0 Å². The summed E-state index contributed by atoms with van der Waals surface area (Å²) >= 11 is 1.69. The van der Waals surface area contributed by atoms with Crippen LogP contribution in [0.15, 0.2) is 0 Å². The zero-order valence-corrected chi connectivity index (χ0v) is 10.8. The van der Waals surface area contributed by atoms with Gasteiger partial charge in [0.25, 0.3) is 0 Å². The van der Waals surface area contributed by atoms with Crippen molar-refractivity contribution in [2.45, 2.75) is 36.3 Å². The summed E-state index contributed by atoms with van der Waals surface area (Å²) in [6, 6.07) is 0. The first kappa shape index (κ1) is 13.0. The Labute approximate surface area is 86.0 Å². The molecule has 2 N–H and O–H groups in total. The van der Waals surface area contributed by atoms with Gasteiger partial charge in [0.2, 0.25) is 0 Å². The van der Waals surface area contributed by atoms with Gasteiger partial charge in [-0.1, -0.05) is 0 Å². The Morgan fingerprint density at radius 2 is 1.08 bits per heavy atom. The molecule has 0 fully saturated rings. The Kier molecular flexibility index (Phi) is 12.9. The van der Waals surface area contributed by atoms with E-state index in [-0.39, 0.29) is 0 Å². The minimum atomic E-state index is 0.355. The van der Waals surface area contributed by atoms with E-state index in [1.54, 1.807) is 0 Å². The van der Waals surface area contributed by atoms with Crippen molar-refractivity contribution in [3.63, 3.8) is 0 Å². The molecule has 0 heterocycles. The van der Waals surface area contributed by atoms with Crippen LogP contribution in [0.2, 0.25) is 10.6 Å². The molecule has 0 atom stereocenters. The van der Waals surface area contributed by atoms with Crippen molar-refractivity contribution in [1.29, 1.82) is 0 Å². The van der Waals surface area contributed by atoms with Gasteiger partial charge in [-0.25, -0.2) is 0 Å². The van der Waals surface area contributed by atoms with Gasteiger partial charge in [0.05, 0.1) is 0 Å². The van der Waals surface area contributed by atoms with Gasteiger partial charge >= 0.3 is 86.0 Å². The second kappa shape index (κ2) is 12.0. The third-order valence-corrected chi connectivity index (χ3v) is 9.07. The molecule has 0 aliphatic carbocycles. The number of hydrogen-bond acceptors (Lipinski definition) is 2. The van der Waals surface area contributed by atoms with Gasteiger partial charge in [-0.05, 0) is 0 Å². The summed E-state index contributed by atoms with van der Waals surface area (Å²) in [5.74, 6) is 0. The first-order valence-electron chi connectivity index (χ1n) is 4.38. The van der Waals surface area contributed by atoms with Crippen LogP contribution in [-0.2, 0) is 0 Å². The first-order valence-corrected chi connectivity index (χ1v) is 11.1. The molecule has 0 aliphatic heterocycles. The molecule has 12 heavy (non-hydrogen) atoms. The number of aliphatic hydroxyl groups is 2. The van der Waals surface area contributed by atoms with Crippen LogP contribution in [0, 0.1) is 0 Å². The molecule has 0 aromatic rings. The molecule has 0 aromatic carbocycles. The topological polar surface area (TPSA) is 40.5 Å². The second-order valence-corrected chi connectivity index (χ2v) is 10.3. The van der Waals surface area contributed by atoms with Crippen LogP contribution >= 0.6 is 0 Å². The molecule has 0 saturated heterocycles. The predicted octanol–water partition coefficient (Wildman–Crippen LogP) is 0.691. The van der Waals surface area contributed by atoms with E-state index in [1.165, 1.54) is 23.5 Å². The fourth-order valence-corrected chi connectivity index (χ4v) is 7.65. The summed E-state index contributed by atoms with van der Waals surface area (Å²) in [4.78, 5) is 0. The van der Waals surface area contributed by atoms with Gasteiger partial charge < -0.3 is 0 Å². The van der Waals surface area contributed by atoms with Gasteiger partial charge in [-0.15, -0.1) is 0 Å². The van der Waals surface area contributed by atoms with Gasteiger partial charge in [0, 0.05) is 0 Å². The van der Waals surface area contributed by atoms with Gasteiger partial charge in [-0.2, -0.15) is 0 Å². The standard InChI is InChI=1S/C8H18O2Se2/c9-5-1-3-7-11-12-8-4-2-6-10/h9-10H,1-8H2. The van der Waals surface area contributed by atoms with Crippen molar-refractivity contribution in [2.24, 2.45) is 0 Å². The van der Waals surface area contributed by atoms with Crippen LogP contribution in [0.3, 0.4) is 0 Å². The molecular weight excluding hydrogens is 286 g/mol. The van der Waals surface area contributed by atoms with Crippen molar-refractivity contribution in [3.8, 4) is 0 Å². The van der Waals surface area contributed by atoms with Gasteiger partial charge in [-0.3, -0.25) is 0 Å². The Hall–Kier alpha value is 0.959. The molecule has 0 aliphatic rings. The quantitative estimate of drug-likeness (QED) is 0.486. The second-order valence-electron chi connectivity index (χ2n) is 2.51. The van der Waals surface area contributed by atoms with Gasteiger partial charge in [0.1, 0.15) is 0 Å². The summed E-state index contributed by atoms with van der Waals surface area (Å²) in [5, 5.41) is 19.7.